The van der Waals surface area contributed by atoms with Crippen LogP contribution in [0.5, 0.6) is 0 Å². The van der Waals surface area contributed by atoms with Gasteiger partial charge in [-0.1, -0.05) is 45.2 Å². The third-order valence-corrected chi connectivity index (χ3v) is 8.75. The molecule has 6 nitrogen and oxygen atoms in total. The molecule has 3 heterocycles. The quantitative estimate of drug-likeness (QED) is 0.191. The molecule has 0 radical (unpaired) electrons. The van der Waals surface area contributed by atoms with Gasteiger partial charge in [0.25, 0.3) is 0 Å². The topological polar surface area (TPSA) is 64.3 Å². The largest absolute Gasteiger partial charge is 0.372 e. The molecule has 1 aliphatic heterocycles. The lowest BCUT2D eigenvalue weighted by molar-refractivity contribution is -0.121. The van der Waals surface area contributed by atoms with Crippen LogP contribution in [0.4, 0.5) is 11.4 Å². The van der Waals surface area contributed by atoms with Crippen LogP contribution >= 0.6 is 11.3 Å². The first-order valence-electron chi connectivity index (χ1n) is 14.5. The number of nitrogens with one attached hydrogen (secondary N) is 2. The Balaban J connectivity index is 1.35. The number of H-pyrrole nitrogens is 1. The second-order valence-electron chi connectivity index (χ2n) is 10.8. The fourth-order valence-corrected chi connectivity index (χ4v) is 6.53. The van der Waals surface area contributed by atoms with Gasteiger partial charge in [0.05, 0.1) is 11.2 Å². The van der Waals surface area contributed by atoms with Crippen molar-refractivity contribution in [2.45, 2.75) is 70.9 Å². The minimum Gasteiger partial charge on any atom is -0.372 e. The zero-order valence-electron chi connectivity index (χ0n) is 23.5. The second-order valence-corrected chi connectivity index (χ2v) is 11.5. The van der Waals surface area contributed by atoms with Gasteiger partial charge in [-0.3, -0.25) is 14.8 Å². The molecule has 1 saturated heterocycles. The zero-order valence-corrected chi connectivity index (χ0v) is 24.3. The lowest BCUT2D eigenvalue weighted by Gasteiger charge is -2.30. The molecule has 0 spiro atoms. The minimum absolute atomic E-state index is 0.0248. The van der Waals surface area contributed by atoms with Crippen LogP contribution in [0.25, 0.3) is 22.2 Å². The predicted molar refractivity (Wildman–Crippen MR) is 165 cm³/mol. The molecule has 1 aliphatic rings. The van der Waals surface area contributed by atoms with Crippen LogP contribution in [-0.2, 0) is 4.79 Å². The lowest BCUT2D eigenvalue weighted by atomic mass is 10.0. The third kappa shape index (κ3) is 6.20. The van der Waals surface area contributed by atoms with Gasteiger partial charge in [-0.15, -0.1) is 0 Å². The van der Waals surface area contributed by atoms with Crippen molar-refractivity contribution in [3.63, 3.8) is 0 Å². The highest BCUT2D eigenvalue weighted by molar-refractivity contribution is 7.08. The van der Waals surface area contributed by atoms with Crippen molar-refractivity contribution in [3.05, 3.63) is 64.9 Å². The Hall–Kier alpha value is -3.16. The number of nitrogens with zero attached hydrogens (tertiary/aromatic N) is 3. The maximum absolute atomic E-state index is 13.5. The molecule has 0 saturated carbocycles. The minimum atomic E-state index is -0.253. The summed E-state index contributed by atoms with van der Waals surface area (Å²) in [4.78, 5) is 18.3. The van der Waals surface area contributed by atoms with Crippen LogP contribution < -0.4 is 10.2 Å². The number of benzene rings is 2. The number of likely N-dealkylation sites (tertiary alicyclic amines) is 1. The lowest BCUT2D eigenvalue weighted by Crippen LogP contribution is -2.35. The number of carbonyl (C=O) groups is 1. The fourth-order valence-electron chi connectivity index (χ4n) is 5.85. The highest BCUT2D eigenvalue weighted by atomic mass is 32.1. The third-order valence-electron chi connectivity index (χ3n) is 8.05. The van der Waals surface area contributed by atoms with Crippen molar-refractivity contribution in [1.29, 1.82) is 0 Å². The number of hydrogen-bond donors (Lipinski definition) is 2. The molecule has 0 bridgehead atoms. The van der Waals surface area contributed by atoms with Crippen molar-refractivity contribution >= 4 is 39.5 Å². The maximum Gasteiger partial charge on any atom is 0.246 e. The first-order chi connectivity index (χ1) is 19.1. The van der Waals surface area contributed by atoms with E-state index in [4.69, 9.17) is 0 Å². The number of amides is 1. The van der Waals surface area contributed by atoms with Crippen molar-refractivity contribution < 1.29 is 4.79 Å². The molecule has 2 aromatic carbocycles. The monoisotopic (exact) mass is 543 g/mol. The number of fused-ring (bicyclic) bond motifs is 1. The van der Waals surface area contributed by atoms with E-state index in [9.17, 15) is 4.79 Å². The Morgan fingerprint density at radius 2 is 1.87 bits per heavy atom. The number of hydrogen-bond acceptors (Lipinski definition) is 5. The number of rotatable bonds is 12. The molecule has 4 aromatic rings. The molecular weight excluding hydrogens is 502 g/mol. The van der Waals surface area contributed by atoms with E-state index in [-0.39, 0.29) is 11.9 Å². The smallest absolute Gasteiger partial charge is 0.246 e. The van der Waals surface area contributed by atoms with Gasteiger partial charge in [-0.2, -0.15) is 16.4 Å². The van der Waals surface area contributed by atoms with E-state index in [0.717, 1.165) is 59.3 Å². The average molecular weight is 544 g/mol. The molecule has 1 fully saturated rings. The van der Waals surface area contributed by atoms with Gasteiger partial charge in [0, 0.05) is 35.4 Å². The maximum atomic E-state index is 13.5. The van der Waals surface area contributed by atoms with Gasteiger partial charge in [0.1, 0.15) is 6.04 Å². The van der Waals surface area contributed by atoms with Gasteiger partial charge < -0.3 is 10.2 Å². The Morgan fingerprint density at radius 1 is 1.08 bits per heavy atom. The molecule has 2 aromatic heterocycles. The van der Waals surface area contributed by atoms with Gasteiger partial charge in [0.15, 0.2) is 0 Å². The van der Waals surface area contributed by atoms with Crippen LogP contribution in [0.3, 0.4) is 0 Å². The summed E-state index contributed by atoms with van der Waals surface area (Å²) in [6.45, 7) is 6.45. The van der Waals surface area contributed by atoms with Crippen LogP contribution in [0, 0.1) is 0 Å². The molecule has 206 valence electrons. The van der Waals surface area contributed by atoms with E-state index in [1.807, 2.05) is 23.6 Å². The number of aromatic nitrogens is 2. The molecule has 2 N–H and O–H groups in total. The molecule has 5 rings (SSSR count). The summed E-state index contributed by atoms with van der Waals surface area (Å²) in [5, 5.41) is 16.2. The van der Waals surface area contributed by atoms with Crippen LogP contribution in [0.1, 0.15) is 70.4 Å². The fraction of sp³-hybridized carbons (Fsp3) is 0.438. The van der Waals surface area contributed by atoms with Crippen molar-refractivity contribution in [1.82, 2.24) is 15.1 Å². The summed E-state index contributed by atoms with van der Waals surface area (Å²) in [5.74, 6) is 0.0248. The zero-order chi connectivity index (χ0) is 27.2. The average Bonchev–Trinajstić information content (AvgIpc) is 3.74. The first-order valence-corrected chi connectivity index (χ1v) is 15.4. The van der Waals surface area contributed by atoms with Crippen LogP contribution in [0.15, 0.2) is 59.3 Å². The second kappa shape index (κ2) is 12.8. The van der Waals surface area contributed by atoms with Crippen molar-refractivity contribution in [2.75, 3.05) is 30.4 Å². The van der Waals surface area contributed by atoms with E-state index < -0.39 is 0 Å². The van der Waals surface area contributed by atoms with Gasteiger partial charge >= 0.3 is 0 Å². The summed E-state index contributed by atoms with van der Waals surface area (Å²) in [7, 11) is 2.22. The summed E-state index contributed by atoms with van der Waals surface area (Å²) in [6, 6.07) is 17.1. The molecule has 39 heavy (non-hydrogen) atoms. The van der Waals surface area contributed by atoms with Crippen LogP contribution in [0.2, 0.25) is 0 Å². The summed E-state index contributed by atoms with van der Waals surface area (Å²) >= 11 is 1.64. The highest BCUT2D eigenvalue weighted by Gasteiger charge is 2.30. The van der Waals surface area contributed by atoms with E-state index in [0.29, 0.717) is 6.04 Å². The SMILES string of the molecule is CCCCC(CCC)N(C)c1ccc(-c2n[nH]c3ccc(NC(=O)C(c4ccsc4)N4CCCC4)cc23)cc1. The van der Waals surface area contributed by atoms with E-state index in [2.05, 4.69) is 81.9 Å². The van der Waals surface area contributed by atoms with Gasteiger partial charge in [0.2, 0.25) is 5.91 Å². The molecule has 1 amide bonds. The standard InChI is InChI=1S/C32H41N5OS/c1-4-6-10-26(9-5-2)36(3)27-14-11-23(12-15-27)30-28-21-25(13-16-29(28)34-35-30)33-32(38)31(24-17-20-39-22-24)37-18-7-8-19-37/h11-17,20-22,26,31H,4-10,18-19H2,1-3H3,(H,33,38)(H,34,35). The molecule has 2 unspecified atom stereocenters. The van der Waals surface area contributed by atoms with E-state index >= 15 is 0 Å². The van der Waals surface area contributed by atoms with Crippen molar-refractivity contribution in [2.24, 2.45) is 0 Å². The highest BCUT2D eigenvalue weighted by Crippen LogP contribution is 2.32. The Morgan fingerprint density at radius 3 is 2.56 bits per heavy atom. The van der Waals surface area contributed by atoms with Gasteiger partial charge in [-0.25, -0.2) is 0 Å². The van der Waals surface area contributed by atoms with Crippen molar-refractivity contribution in [3.8, 4) is 11.3 Å². The Kier molecular flexibility index (Phi) is 8.99. The number of anilines is 2. The van der Waals surface area contributed by atoms with Gasteiger partial charge in [-0.05, 0) is 91.5 Å². The molecule has 7 heteroatoms. The summed E-state index contributed by atoms with van der Waals surface area (Å²) in [6.07, 6.45) is 8.41. The normalized spacial score (nSPS) is 15.5. The van der Waals surface area contributed by atoms with E-state index in [1.165, 1.54) is 37.8 Å². The molecular formula is C32H41N5OS. The number of thiophene rings is 1. The first kappa shape index (κ1) is 27.4. The molecule has 0 aliphatic carbocycles. The molecule has 2 atom stereocenters. The van der Waals surface area contributed by atoms with E-state index in [1.54, 1.807) is 11.3 Å². The summed E-state index contributed by atoms with van der Waals surface area (Å²) in [5.41, 5.74) is 6.04. The summed E-state index contributed by atoms with van der Waals surface area (Å²) < 4.78 is 0. The van der Waals surface area contributed by atoms with Crippen LogP contribution in [-0.4, -0.2) is 47.2 Å². The Bertz CT molecular complexity index is 1340. The number of aromatic amines is 1. The Labute approximate surface area is 236 Å². The predicted octanol–water partition coefficient (Wildman–Crippen LogP) is 7.86. The number of unbranched alkanes of at least 4 members (excludes halogenated alkanes) is 1. The number of carbonyl (C=O) groups excluding carboxylic acids is 1.